The van der Waals surface area contributed by atoms with Crippen LogP contribution in [0.3, 0.4) is 0 Å². The summed E-state index contributed by atoms with van der Waals surface area (Å²) in [6.07, 6.45) is 1.94. The van der Waals surface area contributed by atoms with E-state index in [1.807, 2.05) is 4.90 Å². The van der Waals surface area contributed by atoms with Gasteiger partial charge in [-0.1, -0.05) is 6.92 Å². The van der Waals surface area contributed by atoms with Crippen molar-refractivity contribution in [1.29, 1.82) is 0 Å². The molecule has 1 unspecified atom stereocenters. The lowest BCUT2D eigenvalue weighted by molar-refractivity contribution is 0.524. The van der Waals surface area contributed by atoms with Gasteiger partial charge in [0.25, 0.3) is 0 Å². The Morgan fingerprint density at radius 2 is 2.24 bits per heavy atom. The normalized spacial score (nSPS) is 21.4. The van der Waals surface area contributed by atoms with Crippen LogP contribution in [0.1, 0.15) is 19.8 Å². The van der Waals surface area contributed by atoms with Crippen LogP contribution in [-0.4, -0.2) is 25.7 Å². The number of anilines is 1. The lowest BCUT2D eigenvalue weighted by atomic mass is 10.2. The van der Waals surface area contributed by atoms with Crippen LogP contribution >= 0.6 is 0 Å². The molecule has 1 fully saturated rings. The first-order valence-corrected chi connectivity index (χ1v) is 6.14. The van der Waals surface area contributed by atoms with Crippen molar-refractivity contribution in [3.63, 3.8) is 0 Å². The summed E-state index contributed by atoms with van der Waals surface area (Å²) in [5.41, 5.74) is 0.382. The van der Waals surface area contributed by atoms with Crippen LogP contribution in [0.5, 0.6) is 0 Å². The molecule has 0 saturated carbocycles. The zero-order valence-electron chi connectivity index (χ0n) is 10.0. The highest BCUT2D eigenvalue weighted by Crippen LogP contribution is 2.22. The van der Waals surface area contributed by atoms with Gasteiger partial charge >= 0.3 is 0 Å². The second kappa shape index (κ2) is 5.45. The minimum absolute atomic E-state index is 0.344. The van der Waals surface area contributed by atoms with Crippen LogP contribution < -0.4 is 10.2 Å². The Bertz CT molecular complexity index is 382. The molecule has 0 bridgehead atoms. The molecule has 94 valence electrons. The fourth-order valence-electron chi connectivity index (χ4n) is 2.22. The summed E-state index contributed by atoms with van der Waals surface area (Å²) in [6.45, 7) is 4.54. The van der Waals surface area contributed by atoms with Gasteiger partial charge < -0.3 is 10.2 Å². The molecule has 1 saturated heterocycles. The van der Waals surface area contributed by atoms with Gasteiger partial charge in [0.15, 0.2) is 0 Å². The quantitative estimate of drug-likeness (QED) is 0.854. The Morgan fingerprint density at radius 1 is 1.41 bits per heavy atom. The first kappa shape index (κ1) is 12.3. The molecule has 4 heteroatoms. The van der Waals surface area contributed by atoms with Crippen molar-refractivity contribution in [3.05, 3.63) is 29.8 Å². The van der Waals surface area contributed by atoms with E-state index in [1.54, 1.807) is 0 Å². The highest BCUT2D eigenvalue weighted by atomic mass is 19.1. The lowest BCUT2D eigenvalue weighted by Gasteiger charge is -2.26. The Labute approximate surface area is 101 Å². The predicted molar refractivity (Wildman–Crippen MR) is 65.3 cm³/mol. The number of halogens is 2. The molecule has 17 heavy (non-hydrogen) atoms. The van der Waals surface area contributed by atoms with Gasteiger partial charge in [-0.15, -0.1) is 0 Å². The van der Waals surface area contributed by atoms with Crippen LogP contribution in [-0.2, 0) is 0 Å². The van der Waals surface area contributed by atoms with E-state index in [0.29, 0.717) is 11.7 Å². The van der Waals surface area contributed by atoms with Crippen molar-refractivity contribution >= 4 is 5.69 Å². The van der Waals surface area contributed by atoms with E-state index in [9.17, 15) is 8.78 Å². The van der Waals surface area contributed by atoms with E-state index in [1.165, 1.54) is 12.1 Å². The molecule has 1 aromatic carbocycles. The van der Waals surface area contributed by atoms with Crippen molar-refractivity contribution in [1.82, 2.24) is 5.32 Å². The molecule has 1 N–H and O–H groups in total. The van der Waals surface area contributed by atoms with Crippen LogP contribution in [0.25, 0.3) is 0 Å². The Hall–Kier alpha value is -1.16. The summed E-state index contributed by atoms with van der Waals surface area (Å²) in [4.78, 5) is 1.94. The van der Waals surface area contributed by atoms with Crippen LogP contribution in [0.2, 0.25) is 0 Å². The number of nitrogens with one attached hydrogen (secondary N) is 1. The van der Waals surface area contributed by atoms with Gasteiger partial charge in [0.1, 0.15) is 11.6 Å². The van der Waals surface area contributed by atoms with Gasteiger partial charge in [0.05, 0.1) is 5.69 Å². The average Bonchev–Trinajstić information content (AvgIpc) is 2.57. The summed E-state index contributed by atoms with van der Waals surface area (Å²) < 4.78 is 26.9. The molecule has 0 spiro atoms. The summed E-state index contributed by atoms with van der Waals surface area (Å²) >= 11 is 0. The maximum Gasteiger partial charge on any atom is 0.146 e. The fourth-order valence-corrected chi connectivity index (χ4v) is 2.22. The highest BCUT2D eigenvalue weighted by molar-refractivity contribution is 5.48. The molecule has 2 rings (SSSR count). The van der Waals surface area contributed by atoms with Crippen molar-refractivity contribution in [2.24, 2.45) is 0 Å². The van der Waals surface area contributed by atoms with Gasteiger partial charge in [-0.25, -0.2) is 8.78 Å². The minimum Gasteiger partial charge on any atom is -0.367 e. The molecular weight excluding hydrogens is 222 g/mol. The summed E-state index contributed by atoms with van der Waals surface area (Å²) in [5.74, 6) is -0.727. The number of hydrogen-bond acceptors (Lipinski definition) is 2. The minimum atomic E-state index is -0.383. The summed E-state index contributed by atoms with van der Waals surface area (Å²) in [7, 11) is 0. The molecule has 1 aromatic rings. The van der Waals surface area contributed by atoms with Gasteiger partial charge in [-0.05, 0) is 31.5 Å². The topological polar surface area (TPSA) is 15.3 Å². The number of benzene rings is 1. The average molecular weight is 240 g/mol. The standard InChI is InChI=1S/C13H18F2N2/c1-2-11-9-17(7-3-6-16-11)13-8-10(14)4-5-12(13)15/h4-5,8,11,16H,2-3,6-7,9H2,1H3. The molecule has 0 amide bonds. The van der Waals surface area contributed by atoms with E-state index in [-0.39, 0.29) is 11.6 Å². The number of hydrogen-bond donors (Lipinski definition) is 1. The fraction of sp³-hybridized carbons (Fsp3) is 0.538. The van der Waals surface area contributed by atoms with Crippen LogP contribution in [0.4, 0.5) is 14.5 Å². The molecule has 0 aliphatic carbocycles. The zero-order chi connectivity index (χ0) is 12.3. The van der Waals surface area contributed by atoms with Crippen LogP contribution in [0.15, 0.2) is 18.2 Å². The first-order chi connectivity index (χ1) is 8.20. The third-order valence-electron chi connectivity index (χ3n) is 3.22. The number of nitrogens with zero attached hydrogens (tertiary/aromatic N) is 1. The largest absolute Gasteiger partial charge is 0.367 e. The third kappa shape index (κ3) is 2.94. The second-order valence-corrected chi connectivity index (χ2v) is 4.45. The SMILES string of the molecule is CCC1CN(c2cc(F)ccc2F)CCCN1. The predicted octanol–water partition coefficient (Wildman–Crippen LogP) is 2.54. The Balaban J connectivity index is 2.21. The molecule has 1 heterocycles. The van der Waals surface area contributed by atoms with Gasteiger partial charge in [-0.3, -0.25) is 0 Å². The van der Waals surface area contributed by atoms with Gasteiger partial charge in [0, 0.05) is 25.2 Å². The van der Waals surface area contributed by atoms with Crippen molar-refractivity contribution < 1.29 is 8.78 Å². The highest BCUT2D eigenvalue weighted by Gasteiger charge is 2.19. The summed E-state index contributed by atoms with van der Waals surface area (Å²) in [5, 5.41) is 3.41. The molecule has 2 nitrogen and oxygen atoms in total. The monoisotopic (exact) mass is 240 g/mol. The first-order valence-electron chi connectivity index (χ1n) is 6.14. The van der Waals surface area contributed by atoms with E-state index >= 15 is 0 Å². The maximum atomic E-state index is 13.7. The van der Waals surface area contributed by atoms with E-state index in [4.69, 9.17) is 0 Å². The van der Waals surface area contributed by atoms with Crippen molar-refractivity contribution in [2.45, 2.75) is 25.8 Å². The Kier molecular flexibility index (Phi) is 3.94. The molecule has 1 aliphatic rings. The molecule has 0 radical (unpaired) electrons. The van der Waals surface area contributed by atoms with E-state index < -0.39 is 0 Å². The molecule has 1 atom stereocenters. The van der Waals surface area contributed by atoms with Gasteiger partial charge in [0.2, 0.25) is 0 Å². The van der Waals surface area contributed by atoms with E-state index in [0.717, 1.165) is 38.5 Å². The maximum absolute atomic E-state index is 13.7. The number of rotatable bonds is 2. The van der Waals surface area contributed by atoms with E-state index in [2.05, 4.69) is 12.2 Å². The molecule has 1 aliphatic heterocycles. The molecular formula is C13H18F2N2. The smallest absolute Gasteiger partial charge is 0.146 e. The lowest BCUT2D eigenvalue weighted by Crippen LogP contribution is -2.37. The van der Waals surface area contributed by atoms with Crippen molar-refractivity contribution in [2.75, 3.05) is 24.5 Å². The molecule has 0 aromatic heterocycles. The van der Waals surface area contributed by atoms with Crippen molar-refractivity contribution in [3.8, 4) is 0 Å². The third-order valence-corrected chi connectivity index (χ3v) is 3.22. The summed E-state index contributed by atoms with van der Waals surface area (Å²) in [6, 6.07) is 3.99. The van der Waals surface area contributed by atoms with Gasteiger partial charge in [-0.2, -0.15) is 0 Å². The Morgan fingerprint density at radius 3 is 3.00 bits per heavy atom. The van der Waals surface area contributed by atoms with Crippen LogP contribution in [0, 0.1) is 11.6 Å². The second-order valence-electron chi connectivity index (χ2n) is 4.45. The zero-order valence-corrected chi connectivity index (χ0v) is 10.0.